The van der Waals surface area contributed by atoms with Crippen molar-refractivity contribution in [2.75, 3.05) is 11.5 Å². The van der Waals surface area contributed by atoms with Gasteiger partial charge < -0.3 is 5.32 Å². The van der Waals surface area contributed by atoms with Crippen molar-refractivity contribution in [2.45, 2.75) is 25.4 Å². The van der Waals surface area contributed by atoms with Crippen LogP contribution in [0.15, 0.2) is 24.3 Å². The molecule has 1 saturated heterocycles. The molecular formula is C12H16N2O4S. The Hall–Kier alpha value is -1.47. The summed E-state index contributed by atoms with van der Waals surface area (Å²) in [6.45, 7) is 2.13. The van der Waals surface area contributed by atoms with E-state index in [4.69, 9.17) is 0 Å². The first kappa shape index (κ1) is 14.0. The van der Waals surface area contributed by atoms with Gasteiger partial charge in [0.05, 0.1) is 16.4 Å². The lowest BCUT2D eigenvalue weighted by Gasteiger charge is -2.23. The molecule has 2 rings (SSSR count). The van der Waals surface area contributed by atoms with Crippen LogP contribution in [0.25, 0.3) is 0 Å². The average Bonchev–Trinajstić information content (AvgIpc) is 2.62. The average molecular weight is 284 g/mol. The van der Waals surface area contributed by atoms with Crippen LogP contribution in [0.4, 0.5) is 5.69 Å². The summed E-state index contributed by atoms with van der Waals surface area (Å²) in [6, 6.07) is 6.48. The summed E-state index contributed by atoms with van der Waals surface area (Å²) < 4.78 is 23.0. The molecule has 1 aromatic rings. The molecule has 0 aliphatic carbocycles. The summed E-state index contributed by atoms with van der Waals surface area (Å²) in [7, 11) is -2.98. The zero-order valence-electron chi connectivity index (χ0n) is 10.6. The fourth-order valence-electron chi connectivity index (χ4n) is 2.30. The van der Waals surface area contributed by atoms with E-state index in [-0.39, 0.29) is 17.2 Å². The molecular weight excluding hydrogens is 268 g/mol. The smallest absolute Gasteiger partial charge is 0.273 e. The monoisotopic (exact) mass is 284 g/mol. The van der Waals surface area contributed by atoms with Gasteiger partial charge >= 0.3 is 0 Å². The van der Waals surface area contributed by atoms with Crippen molar-refractivity contribution >= 4 is 15.5 Å². The first-order chi connectivity index (χ1) is 8.81. The van der Waals surface area contributed by atoms with Crippen LogP contribution in [0, 0.1) is 10.1 Å². The molecule has 6 nitrogen and oxygen atoms in total. The van der Waals surface area contributed by atoms with Crippen LogP contribution < -0.4 is 5.32 Å². The van der Waals surface area contributed by atoms with E-state index in [0.717, 1.165) is 0 Å². The first-order valence-electron chi connectivity index (χ1n) is 5.99. The minimum atomic E-state index is -2.98. The summed E-state index contributed by atoms with van der Waals surface area (Å²) in [5.74, 6) is 0.258. The Bertz CT molecular complexity index is 600. The van der Waals surface area contributed by atoms with E-state index in [1.54, 1.807) is 18.2 Å². The Balaban J connectivity index is 2.10. The van der Waals surface area contributed by atoms with Crippen molar-refractivity contribution in [3.05, 3.63) is 39.9 Å². The highest BCUT2D eigenvalue weighted by atomic mass is 32.2. The van der Waals surface area contributed by atoms with Crippen LogP contribution in [0.1, 0.15) is 18.9 Å². The fourth-order valence-corrected chi connectivity index (χ4v) is 4.42. The van der Waals surface area contributed by atoms with E-state index < -0.39 is 20.3 Å². The molecule has 1 aliphatic rings. The van der Waals surface area contributed by atoms with Crippen LogP contribution >= 0.6 is 0 Å². The van der Waals surface area contributed by atoms with Gasteiger partial charge in [-0.1, -0.05) is 18.2 Å². The van der Waals surface area contributed by atoms with Crippen molar-refractivity contribution in [3.63, 3.8) is 0 Å². The van der Waals surface area contributed by atoms with E-state index in [2.05, 4.69) is 5.32 Å². The predicted octanol–water partition coefficient (Wildman–Crippen LogP) is 1.26. The highest BCUT2D eigenvalue weighted by molar-refractivity contribution is 7.91. The largest absolute Gasteiger partial charge is 0.306 e. The van der Waals surface area contributed by atoms with E-state index in [1.807, 2.05) is 6.92 Å². The third-order valence-corrected chi connectivity index (χ3v) is 5.30. The number of nitrogens with zero attached hydrogens (tertiary/aromatic N) is 1. The maximum atomic E-state index is 11.5. The molecule has 1 heterocycles. The molecule has 104 valence electrons. The van der Waals surface area contributed by atoms with E-state index in [0.29, 0.717) is 18.5 Å². The normalized spacial score (nSPS) is 25.3. The maximum Gasteiger partial charge on any atom is 0.273 e. The highest BCUT2D eigenvalue weighted by Gasteiger charge is 2.38. The molecule has 0 radical (unpaired) electrons. The van der Waals surface area contributed by atoms with Crippen LogP contribution in [0.5, 0.6) is 0 Å². The second-order valence-electron chi connectivity index (χ2n) is 5.14. The Labute approximate surface area is 111 Å². The molecule has 19 heavy (non-hydrogen) atoms. The zero-order chi connectivity index (χ0) is 14.1. The number of hydrogen-bond acceptors (Lipinski definition) is 5. The van der Waals surface area contributed by atoms with Gasteiger partial charge in [0.25, 0.3) is 5.69 Å². The number of sulfone groups is 1. The molecule has 0 aromatic heterocycles. The molecule has 0 saturated carbocycles. The number of nitrogens with one attached hydrogen (secondary N) is 1. The topological polar surface area (TPSA) is 89.3 Å². The first-order valence-corrected chi connectivity index (χ1v) is 7.81. The van der Waals surface area contributed by atoms with Crippen LogP contribution in [-0.2, 0) is 16.4 Å². The van der Waals surface area contributed by atoms with Gasteiger partial charge in [-0.15, -0.1) is 0 Å². The molecule has 1 aliphatic heterocycles. The Morgan fingerprint density at radius 2 is 2.11 bits per heavy atom. The molecule has 1 fully saturated rings. The molecule has 0 bridgehead atoms. The van der Waals surface area contributed by atoms with Crippen molar-refractivity contribution in [1.29, 1.82) is 0 Å². The molecule has 0 spiro atoms. The number of nitro benzene ring substituents is 1. The van der Waals surface area contributed by atoms with Crippen molar-refractivity contribution in [3.8, 4) is 0 Å². The highest BCUT2D eigenvalue weighted by Crippen LogP contribution is 2.24. The quantitative estimate of drug-likeness (QED) is 0.664. The van der Waals surface area contributed by atoms with Gasteiger partial charge in [0.1, 0.15) is 0 Å². The van der Waals surface area contributed by atoms with Crippen LogP contribution in [0.2, 0.25) is 0 Å². The minimum absolute atomic E-state index is 0.0551. The van der Waals surface area contributed by atoms with E-state index in [9.17, 15) is 18.5 Å². The number of rotatable bonds is 4. The summed E-state index contributed by atoms with van der Waals surface area (Å²) in [5, 5.41) is 14.0. The molecule has 7 heteroatoms. The second-order valence-corrected chi connectivity index (χ2v) is 7.33. The van der Waals surface area contributed by atoms with E-state index in [1.165, 1.54) is 6.07 Å². The Morgan fingerprint density at radius 3 is 2.68 bits per heavy atom. The number of benzene rings is 1. The van der Waals surface area contributed by atoms with Crippen molar-refractivity contribution in [2.24, 2.45) is 0 Å². The molecule has 1 unspecified atom stereocenters. The minimum Gasteiger partial charge on any atom is -0.306 e. The Kier molecular flexibility index (Phi) is 3.60. The van der Waals surface area contributed by atoms with Gasteiger partial charge in [-0.3, -0.25) is 10.1 Å². The fraction of sp³-hybridized carbons (Fsp3) is 0.500. The standard InChI is InChI=1S/C12H16N2O4S/c1-12(6-7-19(17,18)9-12)13-8-10-4-2-3-5-11(10)14(15)16/h2-5,13H,6-9H2,1H3. The van der Waals surface area contributed by atoms with Crippen molar-refractivity contribution in [1.82, 2.24) is 5.32 Å². The van der Waals surface area contributed by atoms with Crippen LogP contribution in [-0.4, -0.2) is 30.4 Å². The molecule has 1 atom stereocenters. The number of hydrogen-bond donors (Lipinski definition) is 1. The lowest BCUT2D eigenvalue weighted by Crippen LogP contribution is -2.42. The van der Waals surface area contributed by atoms with Gasteiger partial charge in [0.2, 0.25) is 0 Å². The van der Waals surface area contributed by atoms with Crippen LogP contribution in [0.3, 0.4) is 0 Å². The maximum absolute atomic E-state index is 11.5. The van der Waals surface area contributed by atoms with Gasteiger partial charge in [0.15, 0.2) is 9.84 Å². The SMILES string of the molecule is CC1(NCc2ccccc2[N+](=O)[O-])CCS(=O)(=O)C1. The molecule has 0 amide bonds. The zero-order valence-corrected chi connectivity index (χ0v) is 11.4. The summed E-state index contributed by atoms with van der Waals surface area (Å²) in [6.07, 6.45) is 0.538. The Morgan fingerprint density at radius 1 is 1.42 bits per heavy atom. The van der Waals surface area contributed by atoms with E-state index >= 15 is 0 Å². The molecule has 1 N–H and O–H groups in total. The number of nitro groups is 1. The second kappa shape index (κ2) is 4.90. The summed E-state index contributed by atoms with van der Waals surface area (Å²) in [4.78, 5) is 10.5. The van der Waals surface area contributed by atoms with Crippen molar-refractivity contribution < 1.29 is 13.3 Å². The lowest BCUT2D eigenvalue weighted by molar-refractivity contribution is -0.385. The summed E-state index contributed by atoms with van der Waals surface area (Å²) in [5.41, 5.74) is 0.125. The lowest BCUT2D eigenvalue weighted by atomic mass is 10.0. The third-order valence-electron chi connectivity index (χ3n) is 3.40. The summed E-state index contributed by atoms with van der Waals surface area (Å²) >= 11 is 0. The van der Waals surface area contributed by atoms with Gasteiger partial charge in [-0.05, 0) is 13.3 Å². The van der Waals surface area contributed by atoms with Gasteiger partial charge in [-0.2, -0.15) is 0 Å². The third kappa shape index (κ3) is 3.30. The predicted molar refractivity (Wildman–Crippen MR) is 71.6 cm³/mol. The number of para-hydroxylation sites is 1. The van der Waals surface area contributed by atoms with Gasteiger partial charge in [0, 0.05) is 23.7 Å². The van der Waals surface area contributed by atoms with Gasteiger partial charge in [-0.25, -0.2) is 8.42 Å². The molecule has 1 aromatic carbocycles.